The Morgan fingerprint density at radius 3 is 2.89 bits per heavy atom. The van der Waals surface area contributed by atoms with Crippen LogP contribution in [0.1, 0.15) is 5.56 Å². The van der Waals surface area contributed by atoms with Gasteiger partial charge in [0.2, 0.25) is 5.91 Å². The highest BCUT2D eigenvalue weighted by atomic mass is 32.1. The molecule has 27 heavy (non-hydrogen) atoms. The van der Waals surface area contributed by atoms with Gasteiger partial charge in [-0.25, -0.2) is 15.0 Å². The van der Waals surface area contributed by atoms with Gasteiger partial charge in [0.05, 0.1) is 6.33 Å². The summed E-state index contributed by atoms with van der Waals surface area (Å²) in [4.78, 5) is 37.6. The monoisotopic (exact) mass is 377 g/mol. The highest BCUT2D eigenvalue weighted by Crippen LogP contribution is 2.30. The number of amides is 1. The topological polar surface area (TPSA) is 89.8 Å². The van der Waals surface area contributed by atoms with Gasteiger partial charge in [0.15, 0.2) is 0 Å². The van der Waals surface area contributed by atoms with Crippen LogP contribution in [0.4, 0.5) is 5.69 Å². The number of rotatable bonds is 4. The van der Waals surface area contributed by atoms with Gasteiger partial charge >= 0.3 is 0 Å². The number of carbonyl (C=O) groups excluding carboxylic acids is 1. The van der Waals surface area contributed by atoms with Gasteiger partial charge in [0.1, 0.15) is 21.9 Å². The third-order valence-corrected chi connectivity index (χ3v) is 5.05. The molecule has 0 aliphatic rings. The first kappa shape index (κ1) is 17.0. The van der Waals surface area contributed by atoms with Gasteiger partial charge in [-0.2, -0.15) is 0 Å². The zero-order valence-electron chi connectivity index (χ0n) is 14.4. The Kier molecular flexibility index (Phi) is 4.47. The average Bonchev–Trinajstić information content (AvgIpc) is 3.09. The number of pyridine rings is 1. The maximum Gasteiger partial charge on any atom is 0.253 e. The molecule has 1 aromatic carbocycles. The summed E-state index contributed by atoms with van der Waals surface area (Å²) < 4.78 is 1.26. The zero-order chi connectivity index (χ0) is 18.8. The van der Waals surface area contributed by atoms with E-state index in [1.807, 2.05) is 37.3 Å². The fraction of sp³-hybridized carbons (Fsp3) is 0.105. The molecule has 0 aliphatic carbocycles. The summed E-state index contributed by atoms with van der Waals surface area (Å²) >= 11 is 1.53. The Morgan fingerprint density at radius 1 is 1.22 bits per heavy atom. The highest BCUT2D eigenvalue weighted by Gasteiger charge is 2.11. The van der Waals surface area contributed by atoms with Crippen LogP contribution in [-0.4, -0.2) is 25.4 Å². The standard InChI is InChI=1S/C19H15N5O2S/c1-12-9-13(18-23-15-3-2-7-21-19(15)27-18)4-5-14(12)22-16(25)10-24-11-20-8-6-17(24)26/h2-9,11H,10H2,1H3,(H,22,25). The van der Waals surface area contributed by atoms with Gasteiger partial charge < -0.3 is 5.32 Å². The maximum atomic E-state index is 12.2. The van der Waals surface area contributed by atoms with Crippen LogP contribution in [0, 0.1) is 6.92 Å². The van der Waals surface area contributed by atoms with E-state index in [0.717, 1.165) is 26.5 Å². The predicted octanol–water partition coefficient (Wildman–Crippen LogP) is 2.86. The third kappa shape index (κ3) is 3.61. The summed E-state index contributed by atoms with van der Waals surface area (Å²) in [6.45, 7) is 1.83. The van der Waals surface area contributed by atoms with Crippen molar-refractivity contribution in [1.29, 1.82) is 0 Å². The molecule has 0 radical (unpaired) electrons. The number of hydrogen-bond acceptors (Lipinski definition) is 6. The summed E-state index contributed by atoms with van der Waals surface area (Å²) in [5.74, 6) is -0.287. The molecule has 7 nitrogen and oxygen atoms in total. The van der Waals surface area contributed by atoms with Crippen LogP contribution in [0.5, 0.6) is 0 Å². The number of thiazole rings is 1. The molecule has 0 saturated carbocycles. The molecule has 3 heterocycles. The van der Waals surface area contributed by atoms with Crippen molar-refractivity contribution >= 4 is 33.3 Å². The van der Waals surface area contributed by atoms with E-state index in [0.29, 0.717) is 5.69 Å². The van der Waals surface area contributed by atoms with Crippen LogP contribution >= 0.6 is 11.3 Å². The molecule has 0 spiro atoms. The summed E-state index contributed by atoms with van der Waals surface area (Å²) in [7, 11) is 0. The summed E-state index contributed by atoms with van der Waals surface area (Å²) in [5.41, 5.74) is 3.18. The number of anilines is 1. The largest absolute Gasteiger partial charge is 0.324 e. The van der Waals surface area contributed by atoms with Crippen molar-refractivity contribution in [2.75, 3.05) is 5.32 Å². The van der Waals surface area contributed by atoms with Gasteiger partial charge in [-0.3, -0.25) is 14.2 Å². The molecule has 0 saturated heterocycles. The van der Waals surface area contributed by atoms with E-state index in [4.69, 9.17) is 0 Å². The molecular formula is C19H15N5O2S. The van der Waals surface area contributed by atoms with E-state index in [9.17, 15) is 9.59 Å². The van der Waals surface area contributed by atoms with E-state index >= 15 is 0 Å². The molecule has 8 heteroatoms. The van der Waals surface area contributed by atoms with E-state index in [1.54, 1.807) is 6.20 Å². The first-order chi connectivity index (χ1) is 13.1. The second-order valence-corrected chi connectivity index (χ2v) is 6.95. The Balaban J connectivity index is 1.54. The number of fused-ring (bicyclic) bond motifs is 1. The average molecular weight is 377 g/mol. The van der Waals surface area contributed by atoms with Crippen LogP contribution in [0.25, 0.3) is 20.9 Å². The number of nitrogens with one attached hydrogen (secondary N) is 1. The Morgan fingerprint density at radius 2 is 2.11 bits per heavy atom. The fourth-order valence-electron chi connectivity index (χ4n) is 2.67. The van der Waals surface area contributed by atoms with Gasteiger partial charge in [0.25, 0.3) is 5.56 Å². The minimum atomic E-state index is -0.287. The number of benzene rings is 1. The molecule has 0 bridgehead atoms. The number of aryl methyl sites for hydroxylation is 1. The lowest BCUT2D eigenvalue weighted by atomic mass is 10.1. The Hall–Kier alpha value is -3.39. The summed E-state index contributed by atoms with van der Waals surface area (Å²) in [6, 6.07) is 10.8. The number of hydrogen-bond donors (Lipinski definition) is 1. The van der Waals surface area contributed by atoms with Gasteiger partial charge in [-0.05, 0) is 42.8 Å². The van der Waals surface area contributed by atoms with Crippen LogP contribution in [0.2, 0.25) is 0 Å². The van der Waals surface area contributed by atoms with Crippen LogP contribution in [0.15, 0.2) is 59.9 Å². The molecule has 134 valence electrons. The Labute approximate surface area is 158 Å². The lowest BCUT2D eigenvalue weighted by Gasteiger charge is -2.10. The molecular weight excluding hydrogens is 362 g/mol. The van der Waals surface area contributed by atoms with Crippen molar-refractivity contribution in [2.24, 2.45) is 0 Å². The van der Waals surface area contributed by atoms with E-state index in [2.05, 4.69) is 20.3 Å². The van der Waals surface area contributed by atoms with Crippen LogP contribution in [-0.2, 0) is 11.3 Å². The predicted molar refractivity (Wildman–Crippen MR) is 105 cm³/mol. The second kappa shape index (κ2) is 7.08. The van der Waals surface area contributed by atoms with Gasteiger partial charge in [-0.15, -0.1) is 0 Å². The van der Waals surface area contributed by atoms with Crippen molar-refractivity contribution < 1.29 is 4.79 Å². The number of carbonyl (C=O) groups is 1. The third-order valence-electron chi connectivity index (χ3n) is 4.02. The van der Waals surface area contributed by atoms with Crippen molar-refractivity contribution in [2.45, 2.75) is 13.5 Å². The minimum Gasteiger partial charge on any atom is -0.324 e. The zero-order valence-corrected chi connectivity index (χ0v) is 15.2. The van der Waals surface area contributed by atoms with Crippen LogP contribution < -0.4 is 10.9 Å². The first-order valence-electron chi connectivity index (χ1n) is 8.23. The molecule has 4 rings (SSSR count). The van der Waals surface area contributed by atoms with Crippen molar-refractivity contribution in [1.82, 2.24) is 19.5 Å². The Bertz CT molecular complexity index is 1160. The van der Waals surface area contributed by atoms with Crippen molar-refractivity contribution in [3.8, 4) is 10.6 Å². The van der Waals surface area contributed by atoms with E-state index in [-0.39, 0.29) is 18.0 Å². The number of nitrogens with zero attached hydrogens (tertiary/aromatic N) is 4. The van der Waals surface area contributed by atoms with E-state index < -0.39 is 0 Å². The van der Waals surface area contributed by atoms with E-state index in [1.165, 1.54) is 34.5 Å². The molecule has 0 aliphatic heterocycles. The van der Waals surface area contributed by atoms with Gasteiger partial charge in [0, 0.05) is 29.7 Å². The highest BCUT2D eigenvalue weighted by molar-refractivity contribution is 7.21. The summed E-state index contributed by atoms with van der Waals surface area (Å²) in [5, 5.41) is 3.72. The molecule has 0 atom stereocenters. The molecule has 3 aromatic heterocycles. The summed E-state index contributed by atoms with van der Waals surface area (Å²) in [6.07, 6.45) is 4.50. The lowest BCUT2D eigenvalue weighted by Crippen LogP contribution is -2.27. The fourth-order valence-corrected chi connectivity index (χ4v) is 3.58. The quantitative estimate of drug-likeness (QED) is 0.591. The van der Waals surface area contributed by atoms with Crippen molar-refractivity contribution in [3.63, 3.8) is 0 Å². The minimum absolute atomic E-state index is 0.0859. The SMILES string of the molecule is Cc1cc(-c2nc3cccnc3s2)ccc1NC(=O)Cn1cnccc1=O. The first-order valence-corrected chi connectivity index (χ1v) is 9.05. The molecule has 4 aromatic rings. The van der Waals surface area contributed by atoms with Gasteiger partial charge in [-0.1, -0.05) is 11.3 Å². The normalized spacial score (nSPS) is 10.9. The molecule has 0 fully saturated rings. The second-order valence-electron chi connectivity index (χ2n) is 5.97. The molecule has 1 N–H and O–H groups in total. The molecule has 0 unspecified atom stereocenters. The molecule has 1 amide bonds. The lowest BCUT2D eigenvalue weighted by molar-refractivity contribution is -0.116. The van der Waals surface area contributed by atoms with Crippen molar-refractivity contribution in [3.05, 3.63) is 71.0 Å². The van der Waals surface area contributed by atoms with Crippen LogP contribution in [0.3, 0.4) is 0 Å². The smallest absolute Gasteiger partial charge is 0.253 e. The maximum absolute atomic E-state index is 12.2. The number of aromatic nitrogens is 4.